The molecule has 3 fully saturated rings. The predicted octanol–water partition coefficient (Wildman–Crippen LogP) is 0.368. The molecule has 0 aliphatic heterocycles. The molecule has 0 N–H and O–H groups in total. The van der Waals surface area contributed by atoms with E-state index in [0.717, 1.165) is 19.3 Å². The van der Waals surface area contributed by atoms with Crippen molar-refractivity contribution >= 4 is 16.2 Å². The molecule has 3 saturated carbocycles. The Bertz CT molecular complexity index is 862. The van der Waals surface area contributed by atoms with Crippen LogP contribution in [0.15, 0.2) is 11.6 Å². The molecule has 7 heteroatoms. The first kappa shape index (κ1) is 17.2. The molecule has 5 nitrogen and oxygen atoms in total. The Labute approximate surface area is 182 Å². The van der Waals surface area contributed by atoms with Crippen LogP contribution in [0.25, 0.3) is 0 Å². The standard InChI is InChI=1S/C19H28O5S.Na/c1-18-9-7-13(20)11-12(18)3-4-14-15-5-6-17(24-25(21,22)23)19(15,2)10-8-16(14)18;/h11,14-17H,3-10H2,1-2H3,(H,21,22,23);/q;+1/p-1/t14-,15-,16-,17-,18-,19-;/m0./s1/i6D2,17D;. The molecule has 4 rings (SSSR count). The van der Waals surface area contributed by atoms with Gasteiger partial charge in [0.25, 0.3) is 0 Å². The average Bonchev–Trinajstić information content (AvgIpc) is 2.70. The van der Waals surface area contributed by atoms with Crippen LogP contribution in [0.1, 0.15) is 69.3 Å². The molecule has 140 valence electrons. The van der Waals surface area contributed by atoms with E-state index in [2.05, 4.69) is 11.1 Å². The zero-order chi connectivity index (χ0) is 20.8. The second-order valence-corrected chi connectivity index (χ2v) is 9.61. The van der Waals surface area contributed by atoms with E-state index in [9.17, 15) is 17.8 Å². The fourth-order valence-electron chi connectivity index (χ4n) is 6.17. The first-order valence-electron chi connectivity index (χ1n) is 10.6. The van der Waals surface area contributed by atoms with Crippen LogP contribution in [0.5, 0.6) is 0 Å². The molecule has 0 saturated heterocycles. The number of ketones is 1. The van der Waals surface area contributed by atoms with E-state index in [0.29, 0.717) is 19.3 Å². The molecule has 0 aromatic carbocycles. The van der Waals surface area contributed by atoms with Crippen LogP contribution in [0, 0.1) is 28.6 Å². The Hall–Kier alpha value is 0.280. The van der Waals surface area contributed by atoms with Crippen molar-refractivity contribution in [2.24, 2.45) is 28.6 Å². The molecule has 0 unspecified atom stereocenters. The van der Waals surface area contributed by atoms with Gasteiger partial charge in [-0.05, 0) is 79.6 Å². The van der Waals surface area contributed by atoms with E-state index >= 15 is 0 Å². The van der Waals surface area contributed by atoms with Crippen LogP contribution in [0.4, 0.5) is 0 Å². The third kappa shape index (κ3) is 3.29. The van der Waals surface area contributed by atoms with Crippen molar-refractivity contribution < 1.29 is 55.6 Å². The van der Waals surface area contributed by atoms with Crippen molar-refractivity contribution in [1.29, 1.82) is 0 Å². The van der Waals surface area contributed by atoms with Crippen molar-refractivity contribution in [2.45, 2.75) is 71.2 Å². The molecular formula is C19H27NaO5S. The Kier molecular flexibility index (Phi) is 4.59. The molecule has 0 radical (unpaired) electrons. The van der Waals surface area contributed by atoms with Crippen molar-refractivity contribution in [2.75, 3.05) is 0 Å². The van der Waals surface area contributed by atoms with Gasteiger partial charge < -0.3 is 4.55 Å². The molecule has 4 aliphatic carbocycles. The van der Waals surface area contributed by atoms with E-state index in [1.165, 1.54) is 5.57 Å². The maximum atomic E-state index is 11.9. The van der Waals surface area contributed by atoms with Gasteiger partial charge in [-0.2, -0.15) is 0 Å². The molecule has 0 amide bonds. The van der Waals surface area contributed by atoms with Gasteiger partial charge in [-0.1, -0.05) is 19.4 Å². The summed E-state index contributed by atoms with van der Waals surface area (Å²) in [6, 6.07) is 0. The summed E-state index contributed by atoms with van der Waals surface area (Å²) < 4.78 is 64.2. The van der Waals surface area contributed by atoms with E-state index in [4.69, 9.17) is 4.11 Å². The van der Waals surface area contributed by atoms with Crippen molar-refractivity contribution in [1.82, 2.24) is 0 Å². The molecule has 0 heterocycles. The second kappa shape index (κ2) is 6.96. The van der Waals surface area contributed by atoms with Gasteiger partial charge in [0.1, 0.15) is 0 Å². The van der Waals surface area contributed by atoms with Gasteiger partial charge in [-0.3, -0.25) is 8.98 Å². The minimum atomic E-state index is -5.22. The summed E-state index contributed by atoms with van der Waals surface area (Å²) in [6.45, 7) is 3.91. The largest absolute Gasteiger partial charge is 1.00 e. The third-order valence-electron chi connectivity index (χ3n) is 7.54. The first-order valence-corrected chi connectivity index (χ1v) is 10.5. The van der Waals surface area contributed by atoms with Crippen LogP contribution in [-0.2, 0) is 19.4 Å². The number of allylic oxidation sites excluding steroid dienone is 1. The summed E-state index contributed by atoms with van der Waals surface area (Å²) >= 11 is 0. The first-order chi connectivity index (χ1) is 12.7. The fourth-order valence-corrected chi connectivity index (χ4v) is 6.62. The number of carbonyl (C=O) groups is 1. The van der Waals surface area contributed by atoms with Crippen LogP contribution in [0.3, 0.4) is 0 Å². The number of rotatable bonds is 2. The van der Waals surface area contributed by atoms with Gasteiger partial charge in [0.15, 0.2) is 5.78 Å². The van der Waals surface area contributed by atoms with E-state index < -0.39 is 28.3 Å². The Morgan fingerprint density at radius 2 is 1.96 bits per heavy atom. The number of hydrogen-bond acceptors (Lipinski definition) is 5. The zero-order valence-corrected chi connectivity index (χ0v) is 18.5. The van der Waals surface area contributed by atoms with Crippen molar-refractivity contribution in [3.05, 3.63) is 11.6 Å². The molecule has 26 heavy (non-hydrogen) atoms. The van der Waals surface area contributed by atoms with Gasteiger partial charge >= 0.3 is 29.6 Å². The van der Waals surface area contributed by atoms with Crippen molar-refractivity contribution in [3.63, 3.8) is 0 Å². The topological polar surface area (TPSA) is 83.5 Å². The summed E-state index contributed by atoms with van der Waals surface area (Å²) in [5, 5.41) is 0. The molecule has 6 atom stereocenters. The minimum absolute atomic E-state index is 0. The summed E-state index contributed by atoms with van der Waals surface area (Å²) in [6.07, 6.45) is 1.14. The monoisotopic (exact) mass is 393 g/mol. The van der Waals surface area contributed by atoms with Crippen LogP contribution >= 0.6 is 0 Å². The summed E-state index contributed by atoms with van der Waals surface area (Å²) in [5.74, 6) is 0.314. The van der Waals surface area contributed by atoms with Gasteiger partial charge in [-0.15, -0.1) is 0 Å². The molecule has 0 aromatic rings. The molecule has 0 aromatic heterocycles. The molecular weight excluding hydrogens is 363 g/mol. The smallest absolute Gasteiger partial charge is 0.726 e. The number of hydrogen-bond donors (Lipinski definition) is 0. The van der Waals surface area contributed by atoms with E-state index in [1.807, 2.05) is 0 Å². The predicted molar refractivity (Wildman–Crippen MR) is 91.3 cm³/mol. The SMILES string of the molecule is [2H]C1([2H])C[C@H]2[C@@H]3CCC4=CC(=O)CC[C@]4(C)[C@H]3CC[C@]2(C)[C@@]1([2H])OS(=O)(=O)[O-].[Na+]. The zero-order valence-electron chi connectivity index (χ0n) is 18.7. The summed E-state index contributed by atoms with van der Waals surface area (Å²) in [5.41, 5.74) is 0.0195. The quantitative estimate of drug-likeness (QED) is 0.384. The van der Waals surface area contributed by atoms with Gasteiger partial charge in [0.05, 0.1) is 7.45 Å². The van der Waals surface area contributed by atoms with Crippen LogP contribution in [-0.4, -0.2) is 24.8 Å². The third-order valence-corrected chi connectivity index (χ3v) is 7.91. The fraction of sp³-hybridized carbons (Fsp3) is 0.842. The maximum Gasteiger partial charge on any atom is 1.00 e. The van der Waals surface area contributed by atoms with Gasteiger partial charge in [0.2, 0.25) is 10.4 Å². The second-order valence-electron chi connectivity index (χ2n) is 8.63. The Balaban J connectivity index is 0.00000240. The number of fused-ring (bicyclic) bond motifs is 5. The van der Waals surface area contributed by atoms with Gasteiger partial charge in [0, 0.05) is 9.16 Å². The molecule has 4 aliphatic rings. The van der Waals surface area contributed by atoms with Crippen LogP contribution < -0.4 is 29.6 Å². The van der Waals surface area contributed by atoms with E-state index in [-0.39, 0.29) is 64.9 Å². The van der Waals surface area contributed by atoms with Gasteiger partial charge in [-0.25, -0.2) is 8.42 Å². The van der Waals surface area contributed by atoms with E-state index in [1.54, 1.807) is 13.0 Å². The number of carbonyl (C=O) groups excluding carboxylic acids is 1. The summed E-state index contributed by atoms with van der Waals surface area (Å²) in [4.78, 5) is 11.9. The van der Waals surface area contributed by atoms with Crippen LogP contribution in [0.2, 0.25) is 0 Å². The molecule has 0 spiro atoms. The maximum absolute atomic E-state index is 11.9. The average molecular weight is 393 g/mol. The Morgan fingerprint density at radius 3 is 2.65 bits per heavy atom. The molecule has 0 bridgehead atoms. The minimum Gasteiger partial charge on any atom is -0.726 e. The summed E-state index contributed by atoms with van der Waals surface area (Å²) in [7, 11) is -5.22. The Morgan fingerprint density at radius 1 is 1.23 bits per heavy atom. The normalized spacial score (nSPS) is 51.5. The van der Waals surface area contributed by atoms with Crippen molar-refractivity contribution in [3.8, 4) is 0 Å².